The van der Waals surface area contributed by atoms with E-state index in [9.17, 15) is 18.8 Å². The van der Waals surface area contributed by atoms with Crippen LogP contribution in [-0.4, -0.2) is 48.3 Å². The smallest absolute Gasteiger partial charge is 0.317 e. The Kier molecular flexibility index (Phi) is 10.6. The molecule has 1 aromatic rings. The van der Waals surface area contributed by atoms with Crippen molar-refractivity contribution in [2.24, 2.45) is 5.73 Å². The van der Waals surface area contributed by atoms with E-state index in [1.807, 2.05) is 0 Å². The fraction of sp³-hybridized carbons (Fsp3) is 0.550. The molecule has 0 radical (unpaired) electrons. The molecular formula is C20H30ClFN4O3. The molecule has 0 aliphatic carbocycles. The molecule has 0 saturated heterocycles. The molecule has 29 heavy (non-hydrogen) atoms. The van der Waals surface area contributed by atoms with Crippen LogP contribution in [0.2, 0.25) is 5.02 Å². The first-order chi connectivity index (χ1) is 13.6. The van der Waals surface area contributed by atoms with Crippen LogP contribution in [-0.2, 0) is 16.1 Å². The van der Waals surface area contributed by atoms with Gasteiger partial charge in [-0.15, -0.1) is 0 Å². The number of hydrogen-bond donors (Lipinski definition) is 3. The van der Waals surface area contributed by atoms with Crippen LogP contribution in [0.15, 0.2) is 18.2 Å². The number of rotatable bonds is 11. The Morgan fingerprint density at radius 1 is 1.28 bits per heavy atom. The lowest BCUT2D eigenvalue weighted by atomic mass is 10.0. The average molecular weight is 429 g/mol. The van der Waals surface area contributed by atoms with Gasteiger partial charge in [-0.3, -0.25) is 9.59 Å². The number of carbonyl (C=O) groups is 3. The summed E-state index contributed by atoms with van der Waals surface area (Å²) in [5, 5.41) is 5.34. The number of nitrogens with zero attached hydrogens (tertiary/aromatic N) is 1. The van der Waals surface area contributed by atoms with E-state index in [2.05, 4.69) is 10.6 Å². The van der Waals surface area contributed by atoms with Gasteiger partial charge in [-0.25, -0.2) is 9.18 Å². The van der Waals surface area contributed by atoms with Gasteiger partial charge in [-0.2, -0.15) is 0 Å². The van der Waals surface area contributed by atoms with Crippen LogP contribution in [0.1, 0.15) is 45.1 Å². The molecule has 0 aromatic heterocycles. The molecule has 0 heterocycles. The van der Waals surface area contributed by atoms with Crippen molar-refractivity contribution >= 4 is 29.3 Å². The van der Waals surface area contributed by atoms with Crippen molar-refractivity contribution in [3.05, 3.63) is 34.6 Å². The Hall–Kier alpha value is -2.19. The summed E-state index contributed by atoms with van der Waals surface area (Å²) >= 11 is 5.91. The second kappa shape index (κ2) is 12.4. The molecule has 4 N–H and O–H groups in total. The van der Waals surface area contributed by atoms with Crippen molar-refractivity contribution in [3.8, 4) is 0 Å². The van der Waals surface area contributed by atoms with Crippen LogP contribution in [0, 0.1) is 5.82 Å². The normalized spacial score (nSPS) is 12.8. The van der Waals surface area contributed by atoms with Gasteiger partial charge >= 0.3 is 6.03 Å². The van der Waals surface area contributed by atoms with Gasteiger partial charge in [-0.1, -0.05) is 30.7 Å². The number of hydrogen-bond acceptors (Lipinski definition) is 4. The summed E-state index contributed by atoms with van der Waals surface area (Å²) in [5.74, 6) is -0.746. The summed E-state index contributed by atoms with van der Waals surface area (Å²) in [6.07, 6.45) is 1.09. The standard InChI is InChI=1S/C20H30ClFN4O3/c1-4-16(27)9-8-15(10-18(28)24-11-13(2)23)26(3)20(29)25-12-14-6-5-7-17(22)19(14)21/h5-7,13,15H,4,8-12,23H2,1-3H3,(H,24,28)(H,25,29)/t13-,15?/m0/s1. The predicted octanol–water partition coefficient (Wildman–Crippen LogP) is 2.60. The van der Waals surface area contributed by atoms with Gasteiger partial charge in [-0.05, 0) is 25.0 Å². The Labute approximate surface area is 176 Å². The molecule has 0 bridgehead atoms. The number of amides is 3. The summed E-state index contributed by atoms with van der Waals surface area (Å²) in [4.78, 5) is 37.8. The number of nitrogens with two attached hydrogens (primary N) is 1. The van der Waals surface area contributed by atoms with Gasteiger partial charge in [0.05, 0.1) is 5.02 Å². The van der Waals surface area contributed by atoms with E-state index in [1.54, 1.807) is 27.0 Å². The maximum absolute atomic E-state index is 13.5. The Morgan fingerprint density at radius 2 is 1.97 bits per heavy atom. The predicted molar refractivity (Wildman–Crippen MR) is 111 cm³/mol. The minimum atomic E-state index is -0.562. The van der Waals surface area contributed by atoms with Crippen LogP contribution in [0.25, 0.3) is 0 Å². The molecule has 2 atom stereocenters. The third-order valence-corrected chi connectivity index (χ3v) is 4.95. The summed E-state index contributed by atoms with van der Waals surface area (Å²) in [6, 6.07) is 3.26. The van der Waals surface area contributed by atoms with Crippen molar-refractivity contribution in [2.45, 2.75) is 58.2 Å². The van der Waals surface area contributed by atoms with E-state index in [0.29, 0.717) is 24.9 Å². The van der Waals surface area contributed by atoms with Crippen LogP contribution < -0.4 is 16.4 Å². The monoisotopic (exact) mass is 428 g/mol. The number of ketones is 1. The van der Waals surface area contributed by atoms with E-state index in [4.69, 9.17) is 17.3 Å². The van der Waals surface area contributed by atoms with Crippen molar-refractivity contribution < 1.29 is 18.8 Å². The minimum Gasteiger partial charge on any atom is -0.354 e. The quantitative estimate of drug-likeness (QED) is 0.503. The second-order valence-corrected chi connectivity index (χ2v) is 7.43. The molecule has 0 aliphatic rings. The van der Waals surface area contributed by atoms with Gasteiger partial charge in [0.1, 0.15) is 11.6 Å². The second-order valence-electron chi connectivity index (χ2n) is 7.05. The fourth-order valence-corrected chi connectivity index (χ4v) is 2.84. The van der Waals surface area contributed by atoms with Gasteiger partial charge in [0.25, 0.3) is 0 Å². The average Bonchev–Trinajstić information content (AvgIpc) is 2.69. The number of carbonyl (C=O) groups excluding carboxylic acids is 3. The first kappa shape index (κ1) is 24.8. The molecular weight excluding hydrogens is 399 g/mol. The Bertz CT molecular complexity index is 715. The lowest BCUT2D eigenvalue weighted by Gasteiger charge is -2.28. The van der Waals surface area contributed by atoms with Gasteiger partial charge in [0, 0.05) is 51.5 Å². The van der Waals surface area contributed by atoms with E-state index in [1.165, 1.54) is 17.0 Å². The largest absolute Gasteiger partial charge is 0.354 e. The molecule has 0 saturated carbocycles. The lowest BCUT2D eigenvalue weighted by molar-refractivity contribution is -0.123. The summed E-state index contributed by atoms with van der Waals surface area (Å²) in [5.41, 5.74) is 6.09. The van der Waals surface area contributed by atoms with E-state index in [0.717, 1.165) is 0 Å². The third kappa shape index (κ3) is 8.79. The topological polar surface area (TPSA) is 105 Å². The number of benzene rings is 1. The number of urea groups is 1. The molecule has 9 heteroatoms. The zero-order valence-electron chi connectivity index (χ0n) is 17.1. The van der Waals surface area contributed by atoms with Crippen LogP contribution in [0.3, 0.4) is 0 Å². The number of Topliss-reactive ketones (excluding diaryl/α,β-unsaturated/α-hetero) is 1. The van der Waals surface area contributed by atoms with Gasteiger partial charge in [0.15, 0.2) is 0 Å². The summed E-state index contributed by atoms with van der Waals surface area (Å²) < 4.78 is 13.5. The first-order valence-corrected chi connectivity index (χ1v) is 10.0. The maximum atomic E-state index is 13.5. The molecule has 1 rings (SSSR count). The molecule has 0 spiro atoms. The van der Waals surface area contributed by atoms with Crippen LogP contribution >= 0.6 is 11.6 Å². The van der Waals surface area contributed by atoms with Crippen LogP contribution in [0.4, 0.5) is 9.18 Å². The first-order valence-electron chi connectivity index (χ1n) is 9.63. The highest BCUT2D eigenvalue weighted by atomic mass is 35.5. The zero-order chi connectivity index (χ0) is 22.0. The molecule has 0 aliphatic heterocycles. The van der Waals surface area contributed by atoms with Crippen LogP contribution in [0.5, 0.6) is 0 Å². The number of nitrogens with one attached hydrogen (secondary N) is 2. The minimum absolute atomic E-state index is 0.0390. The summed E-state index contributed by atoms with van der Waals surface area (Å²) in [6.45, 7) is 3.91. The third-order valence-electron chi connectivity index (χ3n) is 4.52. The highest BCUT2D eigenvalue weighted by Gasteiger charge is 2.23. The van der Waals surface area contributed by atoms with Crippen molar-refractivity contribution in [2.75, 3.05) is 13.6 Å². The molecule has 0 fully saturated rings. The Balaban J connectivity index is 2.75. The zero-order valence-corrected chi connectivity index (χ0v) is 17.9. The van der Waals surface area contributed by atoms with Crippen molar-refractivity contribution in [1.82, 2.24) is 15.5 Å². The Morgan fingerprint density at radius 3 is 2.59 bits per heavy atom. The molecule has 3 amide bonds. The van der Waals surface area contributed by atoms with Gasteiger partial charge in [0.2, 0.25) is 5.91 Å². The van der Waals surface area contributed by atoms with Crippen molar-refractivity contribution in [1.29, 1.82) is 0 Å². The SMILES string of the molecule is CCC(=O)CCC(CC(=O)NC[C@H](C)N)N(C)C(=O)NCc1cccc(F)c1Cl. The van der Waals surface area contributed by atoms with E-state index >= 15 is 0 Å². The molecule has 162 valence electrons. The van der Waals surface area contributed by atoms with E-state index < -0.39 is 17.9 Å². The van der Waals surface area contributed by atoms with Gasteiger partial charge < -0.3 is 21.3 Å². The molecule has 1 unspecified atom stereocenters. The lowest BCUT2D eigenvalue weighted by Crippen LogP contribution is -2.46. The molecule has 7 nitrogen and oxygen atoms in total. The number of halogens is 2. The maximum Gasteiger partial charge on any atom is 0.317 e. The fourth-order valence-electron chi connectivity index (χ4n) is 2.64. The highest BCUT2D eigenvalue weighted by Crippen LogP contribution is 2.19. The highest BCUT2D eigenvalue weighted by molar-refractivity contribution is 6.31. The summed E-state index contributed by atoms with van der Waals surface area (Å²) in [7, 11) is 1.56. The van der Waals surface area contributed by atoms with E-state index in [-0.39, 0.29) is 42.1 Å². The van der Waals surface area contributed by atoms with Crippen molar-refractivity contribution in [3.63, 3.8) is 0 Å². The molecule has 1 aromatic carbocycles.